The van der Waals surface area contributed by atoms with Crippen LogP contribution in [-0.2, 0) is 12.7 Å². The predicted molar refractivity (Wildman–Crippen MR) is 111 cm³/mol. The van der Waals surface area contributed by atoms with Crippen LogP contribution in [0.15, 0.2) is 42.5 Å². The monoisotopic (exact) mass is 416 g/mol. The van der Waals surface area contributed by atoms with Gasteiger partial charge in [-0.05, 0) is 49.0 Å². The molecule has 0 unspecified atom stereocenters. The fourth-order valence-corrected chi connectivity index (χ4v) is 3.25. The van der Waals surface area contributed by atoms with Crippen LogP contribution < -0.4 is 10.6 Å². The molecule has 2 aromatic carbocycles. The first-order valence-corrected chi connectivity index (χ1v) is 9.50. The fourth-order valence-electron chi connectivity index (χ4n) is 3.25. The first kappa shape index (κ1) is 21.7. The van der Waals surface area contributed by atoms with E-state index in [0.29, 0.717) is 24.3 Å². The van der Waals surface area contributed by atoms with Crippen molar-refractivity contribution in [1.29, 1.82) is 0 Å². The Balaban J connectivity index is 1.70. The fraction of sp³-hybridized carbons (Fsp3) is 0.318. The van der Waals surface area contributed by atoms with Crippen LogP contribution in [0.4, 0.5) is 29.3 Å². The Bertz CT molecular complexity index is 927. The second-order valence-electron chi connectivity index (χ2n) is 7.25. The van der Waals surface area contributed by atoms with Crippen molar-refractivity contribution in [2.75, 3.05) is 43.9 Å². The molecule has 2 N–H and O–H groups in total. The molecule has 0 saturated carbocycles. The molecular formula is C22H23F3N4O. The minimum Gasteiger partial charge on any atom is -0.308 e. The van der Waals surface area contributed by atoms with E-state index in [2.05, 4.69) is 21.5 Å². The molecule has 3 rings (SSSR count). The van der Waals surface area contributed by atoms with E-state index in [1.165, 1.54) is 12.1 Å². The van der Waals surface area contributed by atoms with Crippen molar-refractivity contribution in [3.05, 3.63) is 59.2 Å². The van der Waals surface area contributed by atoms with Crippen LogP contribution in [0.3, 0.4) is 0 Å². The van der Waals surface area contributed by atoms with Gasteiger partial charge in [0.25, 0.3) is 0 Å². The van der Waals surface area contributed by atoms with E-state index in [-0.39, 0.29) is 17.8 Å². The number of rotatable bonds is 4. The number of urea groups is 1. The van der Waals surface area contributed by atoms with E-state index in [1.807, 2.05) is 11.9 Å². The number of piperazine rings is 1. The number of anilines is 2. The number of nitrogens with zero attached hydrogens (tertiary/aromatic N) is 2. The van der Waals surface area contributed by atoms with Crippen molar-refractivity contribution in [3.8, 4) is 12.3 Å². The SMILES string of the molecule is C#Cc1ccc(NC(=O)Nc2ccc(CN3CCN(C)CC3)c(C(F)(F)F)c2)cc1. The van der Waals surface area contributed by atoms with Gasteiger partial charge >= 0.3 is 12.2 Å². The lowest BCUT2D eigenvalue weighted by molar-refractivity contribution is -0.138. The summed E-state index contributed by atoms with van der Waals surface area (Å²) in [7, 11) is 1.99. The van der Waals surface area contributed by atoms with Crippen molar-refractivity contribution < 1.29 is 18.0 Å². The number of amides is 2. The summed E-state index contributed by atoms with van der Waals surface area (Å²) in [4.78, 5) is 16.3. The Morgan fingerprint density at radius 1 is 1.03 bits per heavy atom. The molecule has 0 bridgehead atoms. The first-order valence-electron chi connectivity index (χ1n) is 9.50. The molecule has 1 aliphatic heterocycles. The molecule has 0 atom stereocenters. The molecule has 2 aromatic rings. The summed E-state index contributed by atoms with van der Waals surface area (Å²) in [5, 5.41) is 5.03. The van der Waals surface area contributed by atoms with Crippen LogP contribution in [0.1, 0.15) is 16.7 Å². The molecule has 0 radical (unpaired) electrons. The summed E-state index contributed by atoms with van der Waals surface area (Å²) in [5.74, 6) is 2.46. The van der Waals surface area contributed by atoms with Gasteiger partial charge in [-0.3, -0.25) is 4.90 Å². The number of carbonyl (C=O) groups excluding carboxylic acids is 1. The van der Waals surface area contributed by atoms with E-state index in [9.17, 15) is 18.0 Å². The number of carbonyl (C=O) groups is 1. The summed E-state index contributed by atoms with van der Waals surface area (Å²) in [6.45, 7) is 3.30. The zero-order valence-corrected chi connectivity index (χ0v) is 16.6. The average Bonchev–Trinajstić information content (AvgIpc) is 2.70. The number of terminal acetylenes is 1. The molecule has 30 heavy (non-hydrogen) atoms. The van der Waals surface area contributed by atoms with Crippen molar-refractivity contribution in [1.82, 2.24) is 9.80 Å². The molecule has 2 amide bonds. The average molecular weight is 416 g/mol. The Morgan fingerprint density at radius 2 is 1.63 bits per heavy atom. The third-order valence-corrected chi connectivity index (χ3v) is 4.97. The minimum atomic E-state index is -4.51. The largest absolute Gasteiger partial charge is 0.416 e. The van der Waals surface area contributed by atoms with Gasteiger partial charge in [0, 0.05) is 49.7 Å². The first-order chi connectivity index (χ1) is 14.2. The van der Waals surface area contributed by atoms with Crippen molar-refractivity contribution in [2.45, 2.75) is 12.7 Å². The van der Waals surface area contributed by atoms with Crippen molar-refractivity contribution in [3.63, 3.8) is 0 Å². The van der Waals surface area contributed by atoms with Gasteiger partial charge < -0.3 is 15.5 Å². The lowest BCUT2D eigenvalue weighted by Gasteiger charge is -2.33. The topological polar surface area (TPSA) is 47.6 Å². The maximum Gasteiger partial charge on any atom is 0.416 e. The van der Waals surface area contributed by atoms with Gasteiger partial charge in [0.05, 0.1) is 5.56 Å². The second-order valence-corrected chi connectivity index (χ2v) is 7.25. The summed E-state index contributed by atoms with van der Waals surface area (Å²) in [6, 6.07) is 9.81. The number of hydrogen-bond donors (Lipinski definition) is 2. The maximum atomic E-state index is 13.6. The van der Waals surface area contributed by atoms with Crippen LogP contribution in [0.25, 0.3) is 0 Å². The molecule has 0 aliphatic carbocycles. The smallest absolute Gasteiger partial charge is 0.308 e. The van der Waals surface area contributed by atoms with Crippen LogP contribution in [0, 0.1) is 12.3 Å². The highest BCUT2D eigenvalue weighted by Crippen LogP contribution is 2.34. The maximum absolute atomic E-state index is 13.6. The molecule has 1 saturated heterocycles. The number of benzene rings is 2. The van der Waals surface area contributed by atoms with Gasteiger partial charge in [-0.25, -0.2) is 4.79 Å². The molecule has 5 nitrogen and oxygen atoms in total. The zero-order valence-electron chi connectivity index (χ0n) is 16.6. The van der Waals surface area contributed by atoms with Crippen LogP contribution in [0.5, 0.6) is 0 Å². The second kappa shape index (κ2) is 9.20. The summed E-state index contributed by atoms with van der Waals surface area (Å²) >= 11 is 0. The van der Waals surface area contributed by atoms with E-state index >= 15 is 0 Å². The summed E-state index contributed by atoms with van der Waals surface area (Å²) in [5.41, 5.74) is 0.670. The molecule has 8 heteroatoms. The van der Waals surface area contributed by atoms with Crippen molar-refractivity contribution >= 4 is 17.4 Å². The Hall–Kier alpha value is -3.02. The van der Waals surface area contributed by atoms with E-state index < -0.39 is 17.8 Å². The third kappa shape index (κ3) is 5.75. The van der Waals surface area contributed by atoms with Crippen molar-refractivity contribution in [2.24, 2.45) is 0 Å². The quantitative estimate of drug-likeness (QED) is 0.739. The van der Waals surface area contributed by atoms with E-state index in [4.69, 9.17) is 6.42 Å². The van der Waals surface area contributed by atoms with E-state index in [1.54, 1.807) is 24.3 Å². The van der Waals surface area contributed by atoms with E-state index in [0.717, 1.165) is 19.2 Å². The zero-order chi connectivity index (χ0) is 21.7. The number of hydrogen-bond acceptors (Lipinski definition) is 3. The van der Waals surface area contributed by atoms with Crippen LogP contribution >= 0.6 is 0 Å². The molecule has 0 spiro atoms. The summed E-state index contributed by atoms with van der Waals surface area (Å²) < 4.78 is 40.9. The third-order valence-electron chi connectivity index (χ3n) is 4.97. The Labute approximate surface area is 173 Å². The Kier molecular flexibility index (Phi) is 6.65. The number of nitrogens with one attached hydrogen (secondary N) is 2. The number of alkyl halides is 3. The van der Waals surface area contributed by atoms with Gasteiger partial charge in [-0.15, -0.1) is 6.42 Å². The predicted octanol–water partition coefficient (Wildman–Crippen LogP) is 4.08. The van der Waals surface area contributed by atoms with Gasteiger partial charge in [-0.2, -0.15) is 13.2 Å². The van der Waals surface area contributed by atoms with Gasteiger partial charge in [0.15, 0.2) is 0 Å². The minimum absolute atomic E-state index is 0.0715. The molecule has 1 heterocycles. The van der Waals surface area contributed by atoms with Crippen LogP contribution in [-0.4, -0.2) is 49.1 Å². The molecule has 1 aliphatic rings. The van der Waals surface area contributed by atoms with Gasteiger partial charge in [-0.1, -0.05) is 12.0 Å². The van der Waals surface area contributed by atoms with Gasteiger partial charge in [0.1, 0.15) is 0 Å². The number of halogens is 3. The lowest BCUT2D eigenvalue weighted by Crippen LogP contribution is -2.44. The molecule has 1 fully saturated rings. The van der Waals surface area contributed by atoms with Gasteiger partial charge in [0.2, 0.25) is 0 Å². The number of likely N-dealkylation sites (N-methyl/N-ethyl adjacent to an activating group) is 1. The molecule has 158 valence electrons. The normalized spacial score (nSPS) is 15.4. The summed E-state index contributed by atoms with van der Waals surface area (Å²) in [6.07, 6.45) is 0.770. The Morgan fingerprint density at radius 3 is 2.23 bits per heavy atom. The molecular weight excluding hydrogens is 393 g/mol. The highest BCUT2D eigenvalue weighted by Gasteiger charge is 2.34. The highest BCUT2D eigenvalue weighted by molar-refractivity contribution is 5.99. The lowest BCUT2D eigenvalue weighted by atomic mass is 10.0. The van der Waals surface area contributed by atoms with Crippen LogP contribution in [0.2, 0.25) is 0 Å². The standard InChI is InChI=1S/C22H23F3N4O/c1-3-16-4-7-18(8-5-16)26-21(30)27-19-9-6-17(20(14-19)22(23,24)25)15-29-12-10-28(2)11-13-29/h1,4-9,14H,10-13,15H2,2H3,(H2,26,27,30). The molecule has 0 aromatic heterocycles. The highest BCUT2D eigenvalue weighted by atomic mass is 19.4.